The topological polar surface area (TPSA) is 92.7 Å². The smallest absolute Gasteiger partial charge is 0.260 e. The van der Waals surface area contributed by atoms with Crippen LogP contribution in [0.1, 0.15) is 5.56 Å². The summed E-state index contributed by atoms with van der Waals surface area (Å²) in [5, 5.41) is 11.7. The summed E-state index contributed by atoms with van der Waals surface area (Å²) in [6.07, 6.45) is 1.80. The van der Waals surface area contributed by atoms with Crippen LogP contribution in [0.4, 0.5) is 17.5 Å². The van der Waals surface area contributed by atoms with Gasteiger partial charge in [-0.3, -0.25) is 4.79 Å². The summed E-state index contributed by atoms with van der Waals surface area (Å²) in [5.74, 6) is 3.41. The van der Waals surface area contributed by atoms with Gasteiger partial charge in [0.15, 0.2) is 18.2 Å². The number of carbonyl (C=O) groups is 1. The van der Waals surface area contributed by atoms with Crippen molar-refractivity contribution >= 4 is 23.4 Å². The van der Waals surface area contributed by atoms with Gasteiger partial charge in [-0.2, -0.15) is 0 Å². The molecule has 9 nitrogen and oxygen atoms in total. The molecule has 4 rings (SSSR count). The lowest BCUT2D eigenvalue weighted by Crippen LogP contribution is -2.50. The number of carbonyl (C=O) groups excluding carboxylic acids is 1. The highest BCUT2D eigenvalue weighted by molar-refractivity contribution is 5.78. The van der Waals surface area contributed by atoms with Crippen LogP contribution in [0, 0.1) is 6.92 Å². The summed E-state index contributed by atoms with van der Waals surface area (Å²) < 4.78 is 10.8. The van der Waals surface area contributed by atoms with E-state index in [0.717, 1.165) is 17.2 Å². The Kier molecular flexibility index (Phi) is 6.64. The number of benzene rings is 1. The number of aromatic nitrogens is 3. The van der Waals surface area contributed by atoms with Gasteiger partial charge in [-0.25, -0.2) is 4.98 Å². The maximum absolute atomic E-state index is 12.5. The van der Waals surface area contributed by atoms with Crippen LogP contribution < -0.4 is 19.7 Å². The van der Waals surface area contributed by atoms with Crippen molar-refractivity contribution in [1.82, 2.24) is 20.1 Å². The molecule has 3 aromatic rings. The monoisotopic (exact) mass is 434 g/mol. The van der Waals surface area contributed by atoms with Gasteiger partial charge in [0, 0.05) is 38.4 Å². The molecular weight excluding hydrogens is 408 g/mol. The lowest BCUT2D eigenvalue weighted by Gasteiger charge is -2.35. The van der Waals surface area contributed by atoms with Gasteiger partial charge in [-0.05, 0) is 42.8 Å². The highest BCUT2D eigenvalue weighted by Gasteiger charge is 2.22. The minimum Gasteiger partial charge on any atom is -0.497 e. The number of anilines is 3. The van der Waals surface area contributed by atoms with Crippen LogP contribution >= 0.6 is 0 Å². The molecule has 0 unspecified atom stereocenters. The van der Waals surface area contributed by atoms with E-state index in [1.807, 2.05) is 48.2 Å². The zero-order chi connectivity index (χ0) is 22.3. The van der Waals surface area contributed by atoms with Crippen LogP contribution in [-0.4, -0.2) is 65.9 Å². The van der Waals surface area contributed by atoms with E-state index in [4.69, 9.17) is 9.47 Å². The molecule has 0 spiro atoms. The van der Waals surface area contributed by atoms with Crippen LogP contribution in [-0.2, 0) is 4.79 Å². The molecule has 0 atom stereocenters. The Morgan fingerprint density at radius 1 is 1.00 bits per heavy atom. The fourth-order valence-corrected chi connectivity index (χ4v) is 3.35. The van der Waals surface area contributed by atoms with Crippen molar-refractivity contribution in [3.05, 3.63) is 60.3 Å². The number of methoxy groups -OCH3 is 1. The number of amides is 1. The first kappa shape index (κ1) is 21.4. The highest BCUT2D eigenvalue weighted by atomic mass is 16.5. The molecule has 32 heavy (non-hydrogen) atoms. The van der Waals surface area contributed by atoms with Crippen LogP contribution in [0.3, 0.4) is 0 Å². The molecule has 0 aliphatic carbocycles. The average Bonchev–Trinajstić information content (AvgIpc) is 2.85. The Morgan fingerprint density at radius 2 is 1.78 bits per heavy atom. The Hall–Kier alpha value is -3.88. The van der Waals surface area contributed by atoms with E-state index >= 15 is 0 Å². The minimum absolute atomic E-state index is 0.000383. The molecule has 1 aliphatic rings. The molecular formula is C23H26N6O3. The van der Waals surface area contributed by atoms with Gasteiger partial charge in [0.25, 0.3) is 5.91 Å². The second-order valence-corrected chi connectivity index (χ2v) is 7.46. The van der Waals surface area contributed by atoms with Gasteiger partial charge in [0.1, 0.15) is 17.3 Å². The summed E-state index contributed by atoms with van der Waals surface area (Å²) >= 11 is 0. The fourth-order valence-electron chi connectivity index (χ4n) is 3.35. The van der Waals surface area contributed by atoms with Crippen molar-refractivity contribution in [2.45, 2.75) is 6.92 Å². The van der Waals surface area contributed by atoms with Crippen LogP contribution in [0.2, 0.25) is 0 Å². The van der Waals surface area contributed by atoms with Crippen molar-refractivity contribution < 1.29 is 14.3 Å². The Morgan fingerprint density at radius 3 is 2.47 bits per heavy atom. The second-order valence-electron chi connectivity index (χ2n) is 7.46. The summed E-state index contributed by atoms with van der Waals surface area (Å²) in [6, 6.07) is 14.9. The van der Waals surface area contributed by atoms with Crippen molar-refractivity contribution in [1.29, 1.82) is 0 Å². The van der Waals surface area contributed by atoms with Crippen molar-refractivity contribution in [3.8, 4) is 11.5 Å². The zero-order valence-corrected chi connectivity index (χ0v) is 18.2. The number of piperazine rings is 1. The van der Waals surface area contributed by atoms with Crippen molar-refractivity contribution in [2.24, 2.45) is 0 Å². The first-order chi connectivity index (χ1) is 15.6. The molecule has 0 bridgehead atoms. The molecule has 2 aromatic heterocycles. The number of hydrogen-bond acceptors (Lipinski definition) is 8. The third-order valence-electron chi connectivity index (χ3n) is 5.18. The molecule has 1 amide bonds. The van der Waals surface area contributed by atoms with Crippen LogP contribution in [0.15, 0.2) is 54.7 Å². The summed E-state index contributed by atoms with van der Waals surface area (Å²) in [7, 11) is 1.60. The Balaban J connectivity index is 1.25. The first-order valence-electron chi connectivity index (χ1n) is 10.4. The number of nitrogens with one attached hydrogen (secondary N) is 1. The largest absolute Gasteiger partial charge is 0.497 e. The molecule has 0 saturated carbocycles. The number of hydrogen-bond donors (Lipinski definition) is 1. The van der Waals surface area contributed by atoms with Crippen molar-refractivity contribution in [2.75, 3.05) is 50.1 Å². The molecule has 166 valence electrons. The number of nitrogens with zero attached hydrogens (tertiary/aromatic N) is 5. The predicted molar refractivity (Wildman–Crippen MR) is 122 cm³/mol. The van der Waals surface area contributed by atoms with E-state index < -0.39 is 0 Å². The van der Waals surface area contributed by atoms with Gasteiger partial charge in [-0.1, -0.05) is 12.1 Å². The second kappa shape index (κ2) is 9.95. The van der Waals surface area contributed by atoms with Crippen molar-refractivity contribution in [3.63, 3.8) is 0 Å². The maximum Gasteiger partial charge on any atom is 0.260 e. The van der Waals surface area contributed by atoms with Gasteiger partial charge in [-0.15, -0.1) is 10.2 Å². The van der Waals surface area contributed by atoms with E-state index in [-0.39, 0.29) is 12.5 Å². The molecule has 9 heteroatoms. The number of rotatable bonds is 7. The average molecular weight is 435 g/mol. The van der Waals surface area contributed by atoms with Crippen LogP contribution in [0.25, 0.3) is 0 Å². The lowest BCUT2D eigenvalue weighted by atomic mass is 10.3. The van der Waals surface area contributed by atoms with E-state index in [1.165, 1.54) is 0 Å². The SMILES string of the molecule is COc1cccc(OCC(=O)N2CCN(c3ccc(Nc4ccc(C)cn4)nn3)CC2)c1. The van der Waals surface area contributed by atoms with Gasteiger partial charge in [0.2, 0.25) is 0 Å². The highest BCUT2D eigenvalue weighted by Crippen LogP contribution is 2.20. The Bertz CT molecular complexity index is 1030. The number of ether oxygens (including phenoxy) is 2. The number of aryl methyl sites for hydroxylation is 1. The van der Waals surface area contributed by atoms with E-state index in [1.54, 1.807) is 25.4 Å². The third kappa shape index (κ3) is 5.42. The standard InChI is InChI=1S/C23H26N6O3/c1-17-6-7-20(24-15-17)25-21-8-9-22(27-26-21)28-10-12-29(13-11-28)23(30)16-32-19-5-3-4-18(14-19)31-2/h3-9,14-15H,10-13,16H2,1-2H3,(H,24,25,26). The maximum atomic E-state index is 12.5. The Labute approximate surface area is 187 Å². The summed E-state index contributed by atoms with van der Waals surface area (Å²) in [4.78, 5) is 20.8. The van der Waals surface area contributed by atoms with Gasteiger partial charge >= 0.3 is 0 Å². The minimum atomic E-state index is -0.0382. The molecule has 3 heterocycles. The summed E-state index contributed by atoms with van der Waals surface area (Å²) in [5.41, 5.74) is 1.10. The fraction of sp³-hybridized carbons (Fsp3) is 0.304. The molecule has 1 saturated heterocycles. The van der Waals surface area contributed by atoms with Crippen LogP contribution in [0.5, 0.6) is 11.5 Å². The van der Waals surface area contributed by atoms with E-state index in [9.17, 15) is 4.79 Å². The predicted octanol–water partition coefficient (Wildman–Crippen LogP) is 2.66. The van der Waals surface area contributed by atoms with E-state index in [0.29, 0.717) is 43.5 Å². The summed E-state index contributed by atoms with van der Waals surface area (Å²) in [6.45, 7) is 4.58. The number of pyridine rings is 1. The molecule has 1 N–H and O–H groups in total. The zero-order valence-electron chi connectivity index (χ0n) is 18.2. The molecule has 1 fully saturated rings. The third-order valence-corrected chi connectivity index (χ3v) is 5.18. The van der Waals surface area contributed by atoms with Gasteiger partial charge in [0.05, 0.1) is 7.11 Å². The first-order valence-corrected chi connectivity index (χ1v) is 10.4. The van der Waals surface area contributed by atoms with Gasteiger partial charge < -0.3 is 24.6 Å². The molecule has 1 aromatic carbocycles. The quantitative estimate of drug-likeness (QED) is 0.607. The lowest BCUT2D eigenvalue weighted by molar-refractivity contribution is -0.133. The molecule has 0 radical (unpaired) electrons. The molecule has 1 aliphatic heterocycles. The normalized spacial score (nSPS) is 13.6. The van der Waals surface area contributed by atoms with E-state index in [2.05, 4.69) is 25.4 Å².